The molecule has 0 aliphatic rings. The van der Waals surface area contributed by atoms with E-state index in [2.05, 4.69) is 0 Å². The Kier molecular flexibility index (Phi) is 4.09. The second-order valence-corrected chi connectivity index (χ2v) is 2.05. The van der Waals surface area contributed by atoms with E-state index in [9.17, 15) is 4.79 Å². The number of hydrogen-bond donors (Lipinski definition) is 0. The van der Waals surface area contributed by atoms with Crippen LogP contribution in [-0.4, -0.2) is 6.29 Å². The van der Waals surface area contributed by atoms with Crippen molar-refractivity contribution in [3.05, 3.63) is 24.3 Å². The van der Waals surface area contributed by atoms with Gasteiger partial charge in [-0.15, -0.1) is 0 Å². The monoisotopic (exact) mass is 156 g/mol. The van der Waals surface area contributed by atoms with E-state index in [0.29, 0.717) is 19.1 Å². The van der Waals surface area contributed by atoms with Gasteiger partial charge < -0.3 is 0 Å². The molecule has 62 valence electrons. The fourth-order valence-corrected chi connectivity index (χ4v) is 0.606. The number of carbonyl (C=O) groups is 1. The summed E-state index contributed by atoms with van der Waals surface area (Å²) in [5.41, 5.74) is 0. The molecule has 0 unspecified atom stereocenters. The van der Waals surface area contributed by atoms with Crippen molar-refractivity contribution in [2.75, 3.05) is 0 Å². The van der Waals surface area contributed by atoms with Gasteiger partial charge in [0.15, 0.2) is 0 Å². The van der Waals surface area contributed by atoms with Crippen LogP contribution in [0, 0.1) is 0 Å². The number of rotatable bonds is 6. The summed E-state index contributed by atoms with van der Waals surface area (Å²) in [5, 5.41) is 0. The topological polar surface area (TPSA) is 17.1 Å². The molecular weight excluding hydrogens is 136 g/mol. The van der Waals surface area contributed by atoms with Gasteiger partial charge in [-0.3, -0.25) is 4.79 Å². The lowest BCUT2D eigenvalue weighted by Gasteiger charge is -1.89. The van der Waals surface area contributed by atoms with E-state index in [1.165, 1.54) is 6.08 Å². The molecular formula is C10H16O. The minimum Gasteiger partial charge on any atom is -0.299 e. The zero-order valence-corrected chi connectivity index (χ0v) is 6.49. The van der Waals surface area contributed by atoms with E-state index in [4.69, 9.17) is 5.48 Å². The Balaban J connectivity index is 3.67. The van der Waals surface area contributed by atoms with Gasteiger partial charge in [-0.05, 0) is 18.9 Å². The first-order valence-corrected chi connectivity index (χ1v) is 3.62. The second-order valence-electron chi connectivity index (χ2n) is 2.05. The molecule has 0 N–H and O–H groups in total. The molecule has 0 amide bonds. The van der Waals surface area contributed by atoms with Crippen LogP contribution in [0.3, 0.4) is 0 Å². The Hall–Kier alpha value is -0.850. The van der Waals surface area contributed by atoms with Gasteiger partial charge in [-0.2, -0.15) is 0 Å². The molecule has 1 heteroatoms. The third-order valence-electron chi connectivity index (χ3n) is 1.13. The van der Waals surface area contributed by atoms with Gasteiger partial charge >= 0.3 is 0 Å². The average molecular weight is 156 g/mol. The van der Waals surface area contributed by atoms with E-state index in [-0.39, 0.29) is 6.42 Å². The first-order valence-electron chi connectivity index (χ1n) is 5.77. The number of carbonyl (C=O) groups excluding carboxylic acids is 1. The molecule has 0 aliphatic carbocycles. The van der Waals surface area contributed by atoms with Gasteiger partial charge in [-0.25, -0.2) is 0 Å². The predicted molar refractivity (Wildman–Crippen MR) is 48.5 cm³/mol. The summed E-state index contributed by atoms with van der Waals surface area (Å²) in [7, 11) is 0. The van der Waals surface area contributed by atoms with Crippen molar-refractivity contribution in [3.63, 3.8) is 0 Å². The van der Waals surface area contributed by atoms with Crippen LogP contribution in [0.4, 0.5) is 0 Å². The summed E-state index contributed by atoms with van der Waals surface area (Å²) in [5.74, 6) is 0. The Bertz CT molecular complexity index is 234. The fraction of sp³-hybridized carbons (Fsp3) is 0.500. The molecule has 0 rings (SSSR count). The van der Waals surface area contributed by atoms with Crippen LogP contribution in [0.25, 0.3) is 0 Å². The van der Waals surface area contributed by atoms with Crippen molar-refractivity contribution in [1.82, 2.24) is 0 Å². The molecule has 0 aromatic heterocycles. The summed E-state index contributed by atoms with van der Waals surface area (Å²) in [6, 6.07) is 0. The lowest BCUT2D eigenvalue weighted by Crippen LogP contribution is -1.69. The maximum atomic E-state index is 9.89. The first-order chi connectivity index (χ1) is 7.00. The van der Waals surface area contributed by atoms with Gasteiger partial charge in [0.2, 0.25) is 0 Å². The molecule has 0 aliphatic heterocycles. The van der Waals surface area contributed by atoms with Crippen molar-refractivity contribution in [1.29, 1.82) is 0 Å². The van der Waals surface area contributed by atoms with Gasteiger partial charge in [0.1, 0.15) is 6.29 Å². The lowest BCUT2D eigenvalue weighted by atomic mass is 10.2. The summed E-state index contributed by atoms with van der Waals surface area (Å²) in [6.07, 6.45) is 7.01. The summed E-state index contributed by atoms with van der Waals surface area (Å²) < 4.78 is 28.6. The van der Waals surface area contributed by atoms with Gasteiger partial charge in [0.05, 0.1) is 0 Å². The number of allylic oxidation sites excluding steroid dienone is 4. The van der Waals surface area contributed by atoms with Crippen molar-refractivity contribution in [2.24, 2.45) is 0 Å². The molecule has 0 aromatic rings. The highest BCUT2D eigenvalue weighted by Gasteiger charge is 1.79. The van der Waals surface area contributed by atoms with Gasteiger partial charge in [-0.1, -0.05) is 37.9 Å². The maximum absolute atomic E-state index is 9.89. The molecule has 0 saturated carbocycles. The summed E-state index contributed by atoms with van der Waals surface area (Å²) in [4.78, 5) is 9.89. The van der Waals surface area contributed by atoms with Gasteiger partial charge in [0.25, 0.3) is 0 Å². The van der Waals surface area contributed by atoms with Gasteiger partial charge in [0, 0.05) is 5.48 Å². The van der Waals surface area contributed by atoms with Crippen LogP contribution in [0.1, 0.15) is 38.0 Å². The first kappa shape index (κ1) is 4.91. The van der Waals surface area contributed by atoms with Crippen LogP contribution < -0.4 is 0 Å². The second kappa shape index (κ2) is 9.15. The van der Waals surface area contributed by atoms with Crippen molar-refractivity contribution >= 4 is 6.29 Å². The summed E-state index contributed by atoms with van der Waals surface area (Å²) in [6.45, 7) is -1.43. The van der Waals surface area contributed by atoms with Crippen LogP contribution in [0.2, 0.25) is 0 Å². The Morgan fingerprint density at radius 3 is 3.00 bits per heavy atom. The minimum absolute atomic E-state index is 0.215. The third-order valence-corrected chi connectivity index (χ3v) is 1.13. The molecule has 0 atom stereocenters. The third kappa shape index (κ3) is 9.15. The Morgan fingerprint density at radius 1 is 1.36 bits per heavy atom. The standard InChI is InChI=1S/C10H16O/c1-2-3-4-5-6-7-8-9-10-11/h6-10H,2-5H2,1H3/b7-6+,9-8+/i1D2,2D2. The fourth-order valence-electron chi connectivity index (χ4n) is 0.606. The van der Waals surface area contributed by atoms with E-state index < -0.39 is 13.2 Å². The van der Waals surface area contributed by atoms with E-state index in [1.807, 2.05) is 6.08 Å². The minimum atomic E-state index is -1.73. The quantitative estimate of drug-likeness (QED) is 0.250. The van der Waals surface area contributed by atoms with Crippen LogP contribution in [0.15, 0.2) is 24.3 Å². The molecule has 0 bridgehead atoms. The number of hydrogen-bond acceptors (Lipinski definition) is 1. The number of unbranched alkanes of at least 4 members (excludes halogenated alkanes) is 1. The smallest absolute Gasteiger partial charge is 0.142 e. The molecule has 0 saturated heterocycles. The molecule has 1 nitrogen and oxygen atoms in total. The zero-order chi connectivity index (χ0) is 11.7. The molecule has 0 radical (unpaired) electrons. The molecule has 0 aromatic carbocycles. The average Bonchev–Trinajstić information content (AvgIpc) is 2.16. The Morgan fingerprint density at radius 2 is 2.27 bits per heavy atom. The van der Waals surface area contributed by atoms with Crippen LogP contribution in [0.5, 0.6) is 0 Å². The molecule has 11 heavy (non-hydrogen) atoms. The molecule has 0 spiro atoms. The van der Waals surface area contributed by atoms with Crippen molar-refractivity contribution in [2.45, 2.75) is 32.5 Å². The normalized spacial score (nSPS) is 18.3. The highest BCUT2D eigenvalue weighted by atomic mass is 16.1. The van der Waals surface area contributed by atoms with E-state index in [1.54, 1.807) is 12.2 Å². The maximum Gasteiger partial charge on any atom is 0.142 e. The lowest BCUT2D eigenvalue weighted by molar-refractivity contribution is -0.104. The summed E-state index contributed by atoms with van der Waals surface area (Å²) >= 11 is 0. The van der Waals surface area contributed by atoms with E-state index in [0.717, 1.165) is 0 Å². The number of aldehydes is 1. The predicted octanol–water partition coefficient (Wildman–Crippen LogP) is 2.88. The largest absolute Gasteiger partial charge is 0.299 e. The Labute approximate surface area is 74.4 Å². The van der Waals surface area contributed by atoms with E-state index >= 15 is 0 Å². The van der Waals surface area contributed by atoms with Crippen molar-refractivity contribution in [3.8, 4) is 0 Å². The van der Waals surface area contributed by atoms with Crippen LogP contribution in [-0.2, 0) is 4.79 Å². The highest BCUT2D eigenvalue weighted by molar-refractivity contribution is 5.65. The zero-order valence-electron chi connectivity index (χ0n) is 10.5. The molecule has 0 fully saturated rings. The SMILES string of the molecule is [2H]C([2H])C([2H])([2H])CCC/C=C/C=C/C=O. The highest BCUT2D eigenvalue weighted by Crippen LogP contribution is 1.99. The van der Waals surface area contributed by atoms with Crippen molar-refractivity contribution < 1.29 is 10.3 Å². The van der Waals surface area contributed by atoms with Crippen LogP contribution >= 0.6 is 0 Å². The molecule has 0 heterocycles.